The summed E-state index contributed by atoms with van der Waals surface area (Å²) in [7, 11) is 1.79. The van der Waals surface area contributed by atoms with Crippen LogP contribution >= 0.6 is 11.5 Å². The number of hydrogen-bond acceptors (Lipinski definition) is 5. The molecule has 2 heterocycles. The molecule has 0 saturated carbocycles. The number of hydrogen-bond donors (Lipinski definition) is 0. The summed E-state index contributed by atoms with van der Waals surface area (Å²) >= 11 is 1.21. The number of rotatable bonds is 4. The minimum absolute atomic E-state index is 0.00566. The highest BCUT2D eigenvalue weighted by Crippen LogP contribution is 2.12. The van der Waals surface area contributed by atoms with Crippen molar-refractivity contribution in [1.82, 2.24) is 19.2 Å². The van der Waals surface area contributed by atoms with Crippen LogP contribution in [-0.2, 0) is 6.42 Å². The Morgan fingerprint density at radius 1 is 1.44 bits per heavy atom. The van der Waals surface area contributed by atoms with Gasteiger partial charge in [-0.1, -0.05) is 0 Å². The average molecular weight is 262 g/mol. The van der Waals surface area contributed by atoms with E-state index in [1.54, 1.807) is 42.8 Å². The molecule has 6 heteroatoms. The molecule has 2 rings (SSSR count). The van der Waals surface area contributed by atoms with Crippen molar-refractivity contribution in [1.29, 1.82) is 0 Å². The minimum atomic E-state index is -0.00566. The van der Waals surface area contributed by atoms with E-state index >= 15 is 0 Å². The van der Waals surface area contributed by atoms with Crippen LogP contribution < -0.4 is 0 Å². The lowest BCUT2D eigenvalue weighted by Crippen LogP contribution is -2.36. The lowest BCUT2D eigenvalue weighted by atomic mass is 10.1. The predicted octanol–water partition coefficient (Wildman–Crippen LogP) is 1.64. The van der Waals surface area contributed by atoms with Crippen LogP contribution in [0, 0.1) is 0 Å². The highest BCUT2D eigenvalue weighted by atomic mass is 32.1. The molecular weight excluding hydrogens is 248 g/mol. The molecule has 0 spiro atoms. The molecule has 0 fully saturated rings. The Labute approximate surface area is 110 Å². The van der Waals surface area contributed by atoms with E-state index in [0.29, 0.717) is 11.3 Å². The Balaban J connectivity index is 2.01. The van der Waals surface area contributed by atoms with Gasteiger partial charge in [-0.25, -0.2) is 4.37 Å². The fraction of sp³-hybridized carbons (Fsp3) is 0.333. The Kier molecular flexibility index (Phi) is 3.99. The number of likely N-dealkylation sites (N-methyl/N-ethyl adjacent to an activating group) is 1. The van der Waals surface area contributed by atoms with Crippen LogP contribution in [0.5, 0.6) is 0 Å². The molecule has 0 aliphatic carbocycles. The lowest BCUT2D eigenvalue weighted by Gasteiger charge is -2.23. The van der Waals surface area contributed by atoms with Crippen LogP contribution in [0.15, 0.2) is 30.9 Å². The van der Waals surface area contributed by atoms with E-state index in [-0.39, 0.29) is 11.9 Å². The number of amides is 1. The summed E-state index contributed by atoms with van der Waals surface area (Å²) in [5.74, 6) is -0.00566. The monoisotopic (exact) mass is 262 g/mol. The van der Waals surface area contributed by atoms with Crippen molar-refractivity contribution in [3.8, 4) is 0 Å². The summed E-state index contributed by atoms with van der Waals surface area (Å²) in [5.41, 5.74) is 0.883. The zero-order valence-electron chi connectivity index (χ0n) is 10.3. The largest absolute Gasteiger partial charge is 0.338 e. The molecule has 18 heavy (non-hydrogen) atoms. The third-order valence-electron chi connectivity index (χ3n) is 2.75. The van der Waals surface area contributed by atoms with E-state index in [1.165, 1.54) is 11.5 Å². The molecule has 2 aromatic rings. The molecule has 94 valence electrons. The van der Waals surface area contributed by atoms with Gasteiger partial charge in [0.05, 0.1) is 5.69 Å². The molecule has 0 aliphatic heterocycles. The van der Waals surface area contributed by atoms with Gasteiger partial charge in [-0.2, -0.15) is 0 Å². The number of carbonyl (C=O) groups is 1. The van der Waals surface area contributed by atoms with Crippen molar-refractivity contribution in [2.75, 3.05) is 7.05 Å². The topological polar surface area (TPSA) is 59.0 Å². The number of carbonyl (C=O) groups excluding carboxylic acids is 1. The Hall–Kier alpha value is -1.82. The molecular formula is C12H14N4OS. The fourth-order valence-electron chi connectivity index (χ4n) is 1.58. The lowest BCUT2D eigenvalue weighted by molar-refractivity contribution is 0.0747. The van der Waals surface area contributed by atoms with Crippen molar-refractivity contribution in [3.63, 3.8) is 0 Å². The SMILES string of the molecule is CC(Cc1cnccn1)N(C)C(=O)c1ccns1. The second-order valence-corrected chi connectivity index (χ2v) is 4.88. The van der Waals surface area contributed by atoms with Crippen LogP contribution in [0.25, 0.3) is 0 Å². The maximum absolute atomic E-state index is 12.1. The van der Waals surface area contributed by atoms with Gasteiger partial charge in [-0.3, -0.25) is 14.8 Å². The first-order valence-electron chi connectivity index (χ1n) is 5.61. The van der Waals surface area contributed by atoms with Gasteiger partial charge in [-0.05, 0) is 24.5 Å². The summed E-state index contributed by atoms with van der Waals surface area (Å²) < 4.78 is 3.94. The van der Waals surface area contributed by atoms with Crippen LogP contribution in [0.1, 0.15) is 22.3 Å². The Bertz CT molecular complexity index is 500. The smallest absolute Gasteiger partial charge is 0.265 e. The zero-order chi connectivity index (χ0) is 13.0. The van der Waals surface area contributed by atoms with Crippen molar-refractivity contribution >= 4 is 17.4 Å². The van der Waals surface area contributed by atoms with Gasteiger partial charge >= 0.3 is 0 Å². The van der Waals surface area contributed by atoms with E-state index in [0.717, 1.165) is 5.69 Å². The number of nitrogens with zero attached hydrogens (tertiary/aromatic N) is 4. The highest BCUT2D eigenvalue weighted by molar-refractivity contribution is 7.08. The van der Waals surface area contributed by atoms with Crippen LogP contribution in [0.4, 0.5) is 0 Å². The molecule has 0 radical (unpaired) electrons. The van der Waals surface area contributed by atoms with Gasteiger partial charge in [0, 0.05) is 44.3 Å². The van der Waals surface area contributed by atoms with E-state index in [2.05, 4.69) is 14.3 Å². The van der Waals surface area contributed by atoms with Gasteiger partial charge in [0.15, 0.2) is 0 Å². The summed E-state index contributed by atoms with van der Waals surface area (Å²) in [6.07, 6.45) is 7.35. The molecule has 0 aromatic carbocycles. The molecule has 0 bridgehead atoms. The normalized spacial score (nSPS) is 12.1. The minimum Gasteiger partial charge on any atom is -0.338 e. The summed E-state index contributed by atoms with van der Waals surface area (Å²) in [5, 5.41) is 0. The number of aromatic nitrogens is 3. The third-order valence-corrected chi connectivity index (χ3v) is 3.49. The molecule has 0 N–H and O–H groups in total. The zero-order valence-corrected chi connectivity index (χ0v) is 11.1. The van der Waals surface area contributed by atoms with Gasteiger partial charge in [0.25, 0.3) is 5.91 Å². The summed E-state index contributed by atoms with van der Waals surface area (Å²) in [6, 6.07) is 1.80. The molecule has 0 saturated heterocycles. The first-order valence-corrected chi connectivity index (χ1v) is 6.38. The maximum Gasteiger partial charge on any atom is 0.265 e. The van der Waals surface area contributed by atoms with Gasteiger partial charge in [0.1, 0.15) is 4.88 Å². The van der Waals surface area contributed by atoms with E-state index in [4.69, 9.17) is 0 Å². The maximum atomic E-state index is 12.1. The quantitative estimate of drug-likeness (QED) is 0.840. The van der Waals surface area contributed by atoms with Crippen LogP contribution in [0.3, 0.4) is 0 Å². The second-order valence-electron chi connectivity index (χ2n) is 4.04. The first kappa shape index (κ1) is 12.6. The molecule has 1 unspecified atom stereocenters. The van der Waals surface area contributed by atoms with Gasteiger partial charge < -0.3 is 4.90 Å². The van der Waals surface area contributed by atoms with Crippen molar-refractivity contribution in [2.45, 2.75) is 19.4 Å². The molecule has 1 atom stereocenters. The fourth-order valence-corrected chi connectivity index (χ4v) is 2.15. The molecule has 0 aliphatic rings. The predicted molar refractivity (Wildman–Crippen MR) is 69.4 cm³/mol. The van der Waals surface area contributed by atoms with Crippen LogP contribution in [-0.4, -0.2) is 38.2 Å². The van der Waals surface area contributed by atoms with E-state index in [9.17, 15) is 4.79 Å². The Morgan fingerprint density at radius 3 is 2.89 bits per heavy atom. The van der Waals surface area contributed by atoms with E-state index < -0.39 is 0 Å². The third kappa shape index (κ3) is 2.89. The van der Waals surface area contributed by atoms with Crippen molar-refractivity contribution in [2.24, 2.45) is 0 Å². The van der Waals surface area contributed by atoms with Gasteiger partial charge in [0.2, 0.25) is 0 Å². The molecule has 5 nitrogen and oxygen atoms in total. The van der Waals surface area contributed by atoms with Crippen LogP contribution in [0.2, 0.25) is 0 Å². The standard InChI is InChI=1S/C12H14N4OS/c1-9(7-10-8-13-5-6-14-10)16(2)12(17)11-3-4-15-18-11/h3-6,8-9H,7H2,1-2H3. The second kappa shape index (κ2) is 5.68. The van der Waals surface area contributed by atoms with Crippen molar-refractivity contribution < 1.29 is 4.79 Å². The summed E-state index contributed by atoms with van der Waals surface area (Å²) in [6.45, 7) is 1.99. The first-order chi connectivity index (χ1) is 8.68. The average Bonchev–Trinajstić information content (AvgIpc) is 2.92. The highest BCUT2D eigenvalue weighted by Gasteiger charge is 2.19. The van der Waals surface area contributed by atoms with Crippen molar-refractivity contribution in [3.05, 3.63) is 41.4 Å². The summed E-state index contributed by atoms with van der Waals surface area (Å²) in [4.78, 5) is 22.7. The molecule has 1 amide bonds. The Morgan fingerprint density at radius 2 is 2.28 bits per heavy atom. The molecule has 2 aromatic heterocycles. The van der Waals surface area contributed by atoms with Gasteiger partial charge in [-0.15, -0.1) is 0 Å². The van der Waals surface area contributed by atoms with E-state index in [1.807, 2.05) is 6.92 Å².